The van der Waals surface area contributed by atoms with Gasteiger partial charge in [-0.05, 0) is 83.9 Å². The molecule has 0 unspecified atom stereocenters. The first kappa shape index (κ1) is 31.0. The van der Waals surface area contributed by atoms with Crippen LogP contribution >= 0.6 is 0 Å². The minimum Gasteiger partial charge on any atom is -0.507 e. The van der Waals surface area contributed by atoms with E-state index in [1.807, 2.05) is 48.5 Å². The highest BCUT2D eigenvalue weighted by Crippen LogP contribution is 2.52. The van der Waals surface area contributed by atoms with Gasteiger partial charge in [-0.1, -0.05) is 80.1 Å². The summed E-state index contributed by atoms with van der Waals surface area (Å²) in [5.74, 6) is -1.95. The van der Waals surface area contributed by atoms with E-state index in [9.17, 15) is 29.8 Å². The zero-order chi connectivity index (χ0) is 31.8. The van der Waals surface area contributed by atoms with E-state index in [1.165, 1.54) is 17.0 Å². The summed E-state index contributed by atoms with van der Waals surface area (Å²) in [5, 5.41) is 40.9. The first-order valence-corrected chi connectivity index (χ1v) is 15.6. The summed E-state index contributed by atoms with van der Waals surface area (Å²) in [6.45, 7) is 4.17. The Labute approximate surface area is 264 Å². The summed E-state index contributed by atoms with van der Waals surface area (Å²) < 4.78 is 6.22. The minimum absolute atomic E-state index is 0.0972. The van der Waals surface area contributed by atoms with Gasteiger partial charge in [-0.25, -0.2) is 0 Å². The SMILES string of the molecule is CC(C)C1=C2[C@@H](CC/C(=C/c3ccccc3O)c3ccccc3)OB(O)C[C@@H]2[C@@H]2C(=O)N(c3cccc(B(O)O)c3)C(=O)[C@@H]2C1. The molecule has 10 heteroatoms. The van der Waals surface area contributed by atoms with Crippen molar-refractivity contribution in [1.82, 2.24) is 0 Å². The number of phenols is 1. The Kier molecular flexibility index (Phi) is 8.84. The molecular weight excluding hydrogens is 568 g/mol. The van der Waals surface area contributed by atoms with Crippen LogP contribution in [0.25, 0.3) is 11.6 Å². The predicted molar refractivity (Wildman–Crippen MR) is 175 cm³/mol. The largest absolute Gasteiger partial charge is 0.507 e. The molecule has 2 fully saturated rings. The number of carbonyl (C=O) groups excluding carboxylic acids is 2. The summed E-state index contributed by atoms with van der Waals surface area (Å²) in [7, 11) is -2.82. The molecule has 2 saturated heterocycles. The number of phenolic OH excluding ortho intramolecular Hbond substituents is 1. The third-order valence-electron chi connectivity index (χ3n) is 9.45. The van der Waals surface area contributed by atoms with E-state index in [0.29, 0.717) is 30.5 Å². The fourth-order valence-electron chi connectivity index (χ4n) is 7.36. The highest BCUT2D eigenvalue weighted by molar-refractivity contribution is 6.58. The molecular formula is C35H37B2NO7. The van der Waals surface area contributed by atoms with E-state index in [-0.39, 0.29) is 41.2 Å². The first-order chi connectivity index (χ1) is 21.6. The summed E-state index contributed by atoms with van der Waals surface area (Å²) in [6, 6.07) is 23.3. The third-order valence-corrected chi connectivity index (χ3v) is 9.45. The van der Waals surface area contributed by atoms with Gasteiger partial charge >= 0.3 is 14.2 Å². The van der Waals surface area contributed by atoms with Crippen molar-refractivity contribution in [2.45, 2.75) is 45.5 Å². The number of hydrogen-bond donors (Lipinski definition) is 4. The van der Waals surface area contributed by atoms with Crippen LogP contribution in [-0.2, 0) is 14.2 Å². The molecule has 1 aliphatic carbocycles. The molecule has 3 aromatic rings. The van der Waals surface area contributed by atoms with Crippen LogP contribution in [0.5, 0.6) is 5.75 Å². The smallest absolute Gasteiger partial charge is 0.488 e. The molecule has 2 aliphatic heterocycles. The van der Waals surface area contributed by atoms with Crippen molar-refractivity contribution in [1.29, 1.82) is 0 Å². The molecule has 6 rings (SSSR count). The Hall–Kier alpha value is -3.95. The van der Waals surface area contributed by atoms with Gasteiger partial charge in [0, 0.05) is 5.56 Å². The second-order valence-corrected chi connectivity index (χ2v) is 12.5. The highest BCUT2D eigenvalue weighted by Gasteiger charge is 2.57. The van der Waals surface area contributed by atoms with E-state index in [0.717, 1.165) is 22.3 Å². The van der Waals surface area contributed by atoms with Gasteiger partial charge in [-0.3, -0.25) is 14.5 Å². The third kappa shape index (κ3) is 6.03. The average Bonchev–Trinajstić information content (AvgIpc) is 3.28. The summed E-state index contributed by atoms with van der Waals surface area (Å²) in [4.78, 5) is 29.1. The lowest BCUT2D eigenvalue weighted by Gasteiger charge is -2.44. The zero-order valence-electron chi connectivity index (χ0n) is 25.4. The Morgan fingerprint density at radius 3 is 2.44 bits per heavy atom. The van der Waals surface area contributed by atoms with Crippen molar-refractivity contribution in [2.24, 2.45) is 23.7 Å². The standard InChI is InChI=1S/C35H37B2NO7/c1-21(2)27-19-28-33(35(41)38(34(28)40)26-13-8-12-25(18-26)37(43)44)29-20-36(42)45-31(32(27)29)16-15-23(22-9-4-3-5-10-22)17-24-11-6-7-14-30(24)39/h3-14,17-18,21,28-29,31,33,39,42-44H,15-16,19-20H2,1-2H3/b23-17-/t28-,29+,31-,33-/m1/s1. The van der Waals surface area contributed by atoms with E-state index in [1.54, 1.807) is 24.3 Å². The molecule has 0 saturated carbocycles. The van der Waals surface area contributed by atoms with Gasteiger partial charge in [0.2, 0.25) is 11.8 Å². The number of carbonyl (C=O) groups is 2. The van der Waals surface area contributed by atoms with E-state index in [2.05, 4.69) is 13.8 Å². The second kappa shape index (κ2) is 12.8. The molecule has 3 aliphatic rings. The quantitative estimate of drug-likeness (QED) is 0.132. The molecule has 4 N–H and O–H groups in total. The second-order valence-electron chi connectivity index (χ2n) is 12.5. The number of fused-ring (bicyclic) bond motifs is 3. The molecule has 0 bridgehead atoms. The van der Waals surface area contributed by atoms with Crippen molar-refractivity contribution in [2.75, 3.05) is 4.90 Å². The monoisotopic (exact) mass is 605 g/mol. The van der Waals surface area contributed by atoms with Crippen molar-refractivity contribution < 1.29 is 34.4 Å². The Morgan fingerprint density at radius 1 is 1.00 bits per heavy atom. The van der Waals surface area contributed by atoms with Gasteiger partial charge in [-0.2, -0.15) is 0 Å². The molecule has 3 aromatic carbocycles. The molecule has 2 amide bonds. The Balaban J connectivity index is 1.34. The molecule has 4 atom stereocenters. The van der Waals surface area contributed by atoms with Gasteiger partial charge in [0.05, 0.1) is 23.6 Å². The lowest BCUT2D eigenvalue weighted by Crippen LogP contribution is -2.46. The lowest BCUT2D eigenvalue weighted by molar-refractivity contribution is -0.122. The maximum atomic E-state index is 14.1. The van der Waals surface area contributed by atoms with Gasteiger partial charge in [0.1, 0.15) is 5.75 Å². The number of anilines is 1. The molecule has 2 heterocycles. The van der Waals surface area contributed by atoms with Crippen LogP contribution < -0.4 is 10.4 Å². The number of rotatable bonds is 8. The molecule has 8 nitrogen and oxygen atoms in total. The average molecular weight is 605 g/mol. The van der Waals surface area contributed by atoms with E-state index < -0.39 is 32.2 Å². The number of imide groups is 1. The first-order valence-electron chi connectivity index (χ1n) is 15.6. The molecule has 0 radical (unpaired) electrons. The molecule has 230 valence electrons. The van der Waals surface area contributed by atoms with Crippen molar-refractivity contribution in [3.8, 4) is 5.75 Å². The van der Waals surface area contributed by atoms with E-state index in [4.69, 9.17) is 4.65 Å². The van der Waals surface area contributed by atoms with Crippen molar-refractivity contribution >= 4 is 48.9 Å². The van der Waals surface area contributed by atoms with Crippen LogP contribution in [-0.4, -0.2) is 52.3 Å². The van der Waals surface area contributed by atoms with Gasteiger partial charge in [-0.15, -0.1) is 0 Å². The Morgan fingerprint density at radius 2 is 1.73 bits per heavy atom. The zero-order valence-corrected chi connectivity index (χ0v) is 25.4. The maximum absolute atomic E-state index is 14.1. The summed E-state index contributed by atoms with van der Waals surface area (Å²) in [6.07, 6.45) is 3.27. The number of para-hydroxylation sites is 1. The number of benzene rings is 3. The molecule has 0 spiro atoms. The Bertz CT molecular complexity index is 1650. The van der Waals surface area contributed by atoms with Crippen molar-refractivity contribution in [3.63, 3.8) is 0 Å². The molecule has 45 heavy (non-hydrogen) atoms. The number of aromatic hydroxyl groups is 1. The van der Waals surface area contributed by atoms with Crippen LogP contribution in [0.3, 0.4) is 0 Å². The number of nitrogens with zero attached hydrogens (tertiary/aromatic N) is 1. The highest BCUT2D eigenvalue weighted by atomic mass is 16.5. The fourth-order valence-corrected chi connectivity index (χ4v) is 7.36. The maximum Gasteiger partial charge on any atom is 0.488 e. The predicted octanol–water partition coefficient (Wildman–Crippen LogP) is 4.05. The number of amides is 2. The van der Waals surface area contributed by atoms with Gasteiger partial charge in [0.15, 0.2) is 0 Å². The number of hydrogen-bond acceptors (Lipinski definition) is 7. The van der Waals surface area contributed by atoms with Gasteiger partial charge < -0.3 is 24.8 Å². The van der Waals surface area contributed by atoms with Crippen LogP contribution in [0, 0.1) is 23.7 Å². The summed E-state index contributed by atoms with van der Waals surface area (Å²) >= 11 is 0. The molecule has 0 aromatic heterocycles. The lowest BCUT2D eigenvalue weighted by atomic mass is 9.57. The van der Waals surface area contributed by atoms with E-state index >= 15 is 0 Å². The van der Waals surface area contributed by atoms with Crippen LogP contribution in [0.1, 0.15) is 44.2 Å². The van der Waals surface area contributed by atoms with Crippen molar-refractivity contribution in [3.05, 3.63) is 101 Å². The number of allylic oxidation sites excluding steroid dienone is 2. The van der Waals surface area contributed by atoms with Crippen LogP contribution in [0.15, 0.2) is 90.0 Å². The van der Waals surface area contributed by atoms with Gasteiger partial charge in [0.25, 0.3) is 0 Å². The summed E-state index contributed by atoms with van der Waals surface area (Å²) in [5.41, 5.74) is 5.32. The fraction of sp³-hybridized carbons (Fsp3) is 0.314. The minimum atomic E-state index is -1.73. The normalized spacial score (nSPS) is 23.5. The topological polar surface area (TPSA) is 128 Å². The van der Waals surface area contributed by atoms with Crippen LogP contribution in [0.4, 0.5) is 5.69 Å². The van der Waals surface area contributed by atoms with Crippen LogP contribution in [0.2, 0.25) is 6.32 Å².